The molecular weight excluding hydrogens is 222 g/mol. The largest absolute Gasteiger partial charge is 0.350 e. The van der Waals surface area contributed by atoms with Gasteiger partial charge < -0.3 is 15.2 Å². The fraction of sp³-hybridized carbons (Fsp3) is 0.467. The van der Waals surface area contributed by atoms with Crippen LogP contribution in [0, 0.1) is 0 Å². The van der Waals surface area contributed by atoms with E-state index in [-0.39, 0.29) is 11.6 Å². The zero-order valence-corrected chi connectivity index (χ0v) is 11.9. The third-order valence-electron chi connectivity index (χ3n) is 3.44. The van der Waals surface area contributed by atoms with Crippen LogP contribution < -0.4 is 5.73 Å². The zero-order valence-electron chi connectivity index (χ0n) is 11.9. The molecule has 0 bridgehead atoms. The fourth-order valence-electron chi connectivity index (χ4n) is 2.94. The first kappa shape index (κ1) is 13.1. The number of likely N-dealkylation sites (N-methyl/N-ethyl adjacent to an activating group) is 1. The predicted molar refractivity (Wildman–Crippen MR) is 77.6 cm³/mol. The molecule has 1 heterocycles. The lowest BCUT2D eigenvalue weighted by molar-refractivity contribution is 0.206. The standard InChI is InChI=1S/C15H23N3/c1-15(2,16)14(17(3)4)12-10-18(5)13-9-7-6-8-11(12)13/h6-10,14H,16H2,1-5H3. The van der Waals surface area contributed by atoms with Gasteiger partial charge in [-0.15, -0.1) is 0 Å². The number of hydrogen-bond donors (Lipinski definition) is 1. The van der Waals surface area contributed by atoms with Crippen LogP contribution in [-0.2, 0) is 7.05 Å². The number of benzene rings is 1. The lowest BCUT2D eigenvalue weighted by Gasteiger charge is -2.35. The Labute approximate surface area is 109 Å². The molecule has 0 aliphatic carbocycles. The van der Waals surface area contributed by atoms with Crippen molar-refractivity contribution >= 4 is 10.9 Å². The van der Waals surface area contributed by atoms with Crippen LogP contribution in [0.3, 0.4) is 0 Å². The lowest BCUT2D eigenvalue weighted by Crippen LogP contribution is -2.45. The topological polar surface area (TPSA) is 34.2 Å². The molecule has 98 valence electrons. The number of para-hydroxylation sites is 1. The highest BCUT2D eigenvalue weighted by Gasteiger charge is 2.30. The molecule has 0 saturated heterocycles. The minimum absolute atomic E-state index is 0.198. The monoisotopic (exact) mass is 245 g/mol. The molecule has 1 aromatic heterocycles. The highest BCUT2D eigenvalue weighted by molar-refractivity contribution is 5.84. The van der Waals surface area contributed by atoms with E-state index in [1.54, 1.807) is 0 Å². The van der Waals surface area contributed by atoms with Gasteiger partial charge >= 0.3 is 0 Å². The molecule has 3 nitrogen and oxygen atoms in total. The van der Waals surface area contributed by atoms with Crippen molar-refractivity contribution < 1.29 is 0 Å². The number of nitrogens with zero attached hydrogens (tertiary/aromatic N) is 2. The maximum Gasteiger partial charge on any atom is 0.0538 e. The minimum atomic E-state index is -0.284. The Morgan fingerprint density at radius 3 is 2.39 bits per heavy atom. The van der Waals surface area contributed by atoms with Gasteiger partial charge in [0, 0.05) is 29.7 Å². The van der Waals surface area contributed by atoms with Gasteiger partial charge in [-0.05, 0) is 39.6 Å². The van der Waals surface area contributed by atoms with Crippen molar-refractivity contribution in [2.45, 2.75) is 25.4 Å². The Balaban J connectivity index is 2.66. The molecule has 2 rings (SSSR count). The van der Waals surface area contributed by atoms with E-state index >= 15 is 0 Å². The van der Waals surface area contributed by atoms with Gasteiger partial charge in [-0.3, -0.25) is 0 Å². The highest BCUT2D eigenvalue weighted by atomic mass is 15.1. The third kappa shape index (κ3) is 2.16. The summed E-state index contributed by atoms with van der Waals surface area (Å²) >= 11 is 0. The average molecular weight is 245 g/mol. The van der Waals surface area contributed by atoms with Crippen molar-refractivity contribution in [3.63, 3.8) is 0 Å². The van der Waals surface area contributed by atoms with E-state index in [9.17, 15) is 0 Å². The maximum atomic E-state index is 6.36. The molecule has 1 atom stereocenters. The normalized spacial score (nSPS) is 14.4. The van der Waals surface area contributed by atoms with Gasteiger partial charge in [-0.2, -0.15) is 0 Å². The van der Waals surface area contributed by atoms with Crippen molar-refractivity contribution in [1.29, 1.82) is 0 Å². The Morgan fingerprint density at radius 2 is 1.83 bits per heavy atom. The van der Waals surface area contributed by atoms with Gasteiger partial charge in [0.15, 0.2) is 0 Å². The SMILES string of the molecule is CN(C)C(c1cn(C)c2ccccc12)C(C)(C)N. The Bertz CT molecular complexity index is 546. The van der Waals surface area contributed by atoms with Gasteiger partial charge in [-0.1, -0.05) is 18.2 Å². The predicted octanol–water partition coefficient (Wildman–Crippen LogP) is 2.52. The molecule has 3 heteroatoms. The van der Waals surface area contributed by atoms with Gasteiger partial charge in [0.25, 0.3) is 0 Å². The number of nitrogens with two attached hydrogens (primary N) is 1. The highest BCUT2D eigenvalue weighted by Crippen LogP contribution is 2.34. The summed E-state index contributed by atoms with van der Waals surface area (Å²) in [7, 11) is 6.25. The van der Waals surface area contributed by atoms with Crippen molar-refractivity contribution in [2.24, 2.45) is 12.8 Å². The van der Waals surface area contributed by atoms with Crippen molar-refractivity contribution in [1.82, 2.24) is 9.47 Å². The van der Waals surface area contributed by atoms with Crippen LogP contribution in [0.25, 0.3) is 10.9 Å². The summed E-state index contributed by atoms with van der Waals surface area (Å²) in [6, 6.07) is 8.68. The number of hydrogen-bond acceptors (Lipinski definition) is 2. The quantitative estimate of drug-likeness (QED) is 0.901. The van der Waals surface area contributed by atoms with Crippen LogP contribution in [0.1, 0.15) is 25.5 Å². The first-order valence-corrected chi connectivity index (χ1v) is 6.31. The Hall–Kier alpha value is -1.32. The molecule has 0 aliphatic rings. The summed E-state index contributed by atoms with van der Waals surface area (Å²) in [5, 5.41) is 1.29. The fourth-order valence-corrected chi connectivity index (χ4v) is 2.94. The summed E-state index contributed by atoms with van der Waals surface area (Å²) in [5.74, 6) is 0. The first-order chi connectivity index (χ1) is 8.32. The van der Waals surface area contributed by atoms with Gasteiger partial charge in [-0.25, -0.2) is 0 Å². The molecule has 2 N–H and O–H groups in total. The average Bonchev–Trinajstić information content (AvgIpc) is 2.55. The second-order valence-electron chi connectivity index (χ2n) is 5.90. The summed E-state index contributed by atoms with van der Waals surface area (Å²) in [4.78, 5) is 2.20. The lowest BCUT2D eigenvalue weighted by atomic mass is 9.88. The number of aryl methyl sites for hydroxylation is 1. The van der Waals surface area contributed by atoms with Gasteiger partial charge in [0.1, 0.15) is 0 Å². The van der Waals surface area contributed by atoms with Crippen LogP contribution in [0.4, 0.5) is 0 Å². The van der Waals surface area contributed by atoms with E-state index in [1.165, 1.54) is 16.5 Å². The first-order valence-electron chi connectivity index (χ1n) is 6.31. The Morgan fingerprint density at radius 1 is 1.22 bits per heavy atom. The third-order valence-corrected chi connectivity index (χ3v) is 3.44. The second kappa shape index (κ2) is 4.41. The summed E-state index contributed by atoms with van der Waals surface area (Å²) in [5.41, 5.74) is 8.63. The van der Waals surface area contributed by atoms with Crippen LogP contribution in [0.5, 0.6) is 0 Å². The second-order valence-corrected chi connectivity index (χ2v) is 5.90. The molecule has 0 aliphatic heterocycles. The molecule has 2 aromatic rings. The van der Waals surface area contributed by atoms with E-state index in [1.807, 2.05) is 0 Å². The van der Waals surface area contributed by atoms with E-state index in [4.69, 9.17) is 5.73 Å². The molecule has 18 heavy (non-hydrogen) atoms. The van der Waals surface area contributed by atoms with Crippen molar-refractivity contribution in [2.75, 3.05) is 14.1 Å². The summed E-state index contributed by atoms with van der Waals surface area (Å²) in [6.07, 6.45) is 2.20. The summed E-state index contributed by atoms with van der Waals surface area (Å²) < 4.78 is 2.17. The molecule has 0 spiro atoms. The van der Waals surface area contributed by atoms with E-state index < -0.39 is 0 Å². The Kier molecular flexibility index (Phi) is 3.21. The van der Waals surface area contributed by atoms with Gasteiger partial charge in [0.05, 0.1) is 6.04 Å². The minimum Gasteiger partial charge on any atom is -0.350 e. The van der Waals surface area contributed by atoms with Crippen LogP contribution in [-0.4, -0.2) is 29.1 Å². The summed E-state index contributed by atoms with van der Waals surface area (Å²) in [6.45, 7) is 4.17. The molecule has 0 amide bonds. The number of rotatable bonds is 3. The molecular formula is C15H23N3. The number of aromatic nitrogens is 1. The number of fused-ring (bicyclic) bond motifs is 1. The molecule has 0 fully saturated rings. The van der Waals surface area contributed by atoms with Crippen LogP contribution in [0.15, 0.2) is 30.5 Å². The van der Waals surface area contributed by atoms with Crippen molar-refractivity contribution in [3.05, 3.63) is 36.0 Å². The van der Waals surface area contributed by atoms with Crippen LogP contribution in [0.2, 0.25) is 0 Å². The van der Waals surface area contributed by atoms with E-state index in [0.29, 0.717) is 0 Å². The van der Waals surface area contributed by atoms with Crippen LogP contribution >= 0.6 is 0 Å². The smallest absolute Gasteiger partial charge is 0.0538 e. The molecule has 0 saturated carbocycles. The maximum absolute atomic E-state index is 6.36. The van der Waals surface area contributed by atoms with Gasteiger partial charge in [0.2, 0.25) is 0 Å². The molecule has 0 radical (unpaired) electrons. The zero-order chi connectivity index (χ0) is 13.5. The molecule has 1 unspecified atom stereocenters. The van der Waals surface area contributed by atoms with E-state index in [0.717, 1.165) is 0 Å². The molecule has 1 aromatic carbocycles. The van der Waals surface area contributed by atoms with E-state index in [2.05, 4.69) is 74.9 Å². The van der Waals surface area contributed by atoms with Crippen molar-refractivity contribution in [3.8, 4) is 0 Å².